The van der Waals surface area contributed by atoms with Gasteiger partial charge in [0.1, 0.15) is 17.6 Å². The predicted octanol–water partition coefficient (Wildman–Crippen LogP) is 1.92. The van der Waals surface area contributed by atoms with Gasteiger partial charge in [0.15, 0.2) is 5.78 Å². The van der Waals surface area contributed by atoms with E-state index in [0.29, 0.717) is 32.4 Å². The first-order valence-corrected chi connectivity index (χ1v) is 8.41. The van der Waals surface area contributed by atoms with E-state index < -0.39 is 29.2 Å². The van der Waals surface area contributed by atoms with Crippen LogP contribution in [-0.4, -0.2) is 60.3 Å². The second-order valence-corrected chi connectivity index (χ2v) is 7.41. The summed E-state index contributed by atoms with van der Waals surface area (Å²) in [5.74, 6) is -1.68. The summed E-state index contributed by atoms with van der Waals surface area (Å²) in [5.41, 5.74) is -1.43. The summed E-state index contributed by atoms with van der Waals surface area (Å²) in [6.45, 7) is 8.06. The molecule has 0 aromatic rings. The van der Waals surface area contributed by atoms with Crippen LogP contribution in [0.15, 0.2) is 0 Å². The first-order valence-electron chi connectivity index (χ1n) is 8.41. The molecule has 2 heterocycles. The van der Waals surface area contributed by atoms with Crippen LogP contribution in [0.25, 0.3) is 0 Å². The number of carbonyl (C=O) groups excluding carboxylic acids is 3. The number of rotatable bonds is 2. The van der Waals surface area contributed by atoms with Crippen LogP contribution in [0.4, 0.5) is 4.79 Å². The van der Waals surface area contributed by atoms with E-state index in [2.05, 4.69) is 0 Å². The van der Waals surface area contributed by atoms with E-state index in [4.69, 9.17) is 14.2 Å². The molecule has 7 heteroatoms. The summed E-state index contributed by atoms with van der Waals surface area (Å²) in [4.78, 5) is 38.4. The molecule has 0 aromatic carbocycles. The Morgan fingerprint density at radius 1 is 1.29 bits per heavy atom. The van der Waals surface area contributed by atoms with Crippen LogP contribution in [0.1, 0.15) is 47.0 Å². The fraction of sp³-hybridized carbons (Fsp3) is 0.824. The molecule has 0 aromatic heterocycles. The maximum absolute atomic E-state index is 12.5. The van der Waals surface area contributed by atoms with Gasteiger partial charge in [0.25, 0.3) is 0 Å². The maximum atomic E-state index is 12.5. The number of hydrogen-bond donors (Lipinski definition) is 0. The molecule has 1 spiro atoms. The largest absolute Gasteiger partial charge is 0.468 e. The fourth-order valence-electron chi connectivity index (χ4n) is 3.39. The van der Waals surface area contributed by atoms with Crippen LogP contribution < -0.4 is 0 Å². The molecular weight excluding hydrogens is 314 g/mol. The molecule has 7 nitrogen and oxygen atoms in total. The fourth-order valence-corrected chi connectivity index (χ4v) is 3.39. The zero-order valence-electron chi connectivity index (χ0n) is 15.1. The lowest BCUT2D eigenvalue weighted by molar-refractivity contribution is -0.157. The lowest BCUT2D eigenvalue weighted by Crippen LogP contribution is -2.52. The molecule has 0 bridgehead atoms. The van der Waals surface area contributed by atoms with Gasteiger partial charge in [0.05, 0.1) is 12.7 Å². The number of nitrogens with zero attached hydrogens (tertiary/aromatic N) is 1. The number of likely N-dealkylation sites (tertiary alicyclic amines) is 1. The lowest BCUT2D eigenvalue weighted by atomic mass is 9.78. The Kier molecular flexibility index (Phi) is 5.22. The highest BCUT2D eigenvalue weighted by molar-refractivity contribution is 6.04. The highest BCUT2D eigenvalue weighted by Crippen LogP contribution is 2.43. The molecule has 2 aliphatic rings. The van der Waals surface area contributed by atoms with E-state index in [1.54, 1.807) is 4.90 Å². The number of Topliss-reactive ketones (excluding diaryl/α,β-unsaturated/α-hetero) is 1. The van der Waals surface area contributed by atoms with Gasteiger partial charge >= 0.3 is 12.1 Å². The van der Waals surface area contributed by atoms with Crippen molar-refractivity contribution in [2.24, 2.45) is 5.92 Å². The van der Waals surface area contributed by atoms with Crippen LogP contribution in [0.5, 0.6) is 0 Å². The number of esters is 1. The highest BCUT2D eigenvalue weighted by atomic mass is 16.6. The molecule has 0 saturated carbocycles. The van der Waals surface area contributed by atoms with Crippen molar-refractivity contribution < 1.29 is 28.6 Å². The van der Waals surface area contributed by atoms with Crippen LogP contribution in [-0.2, 0) is 23.8 Å². The average Bonchev–Trinajstić information content (AvgIpc) is 2.77. The minimum atomic E-state index is -0.909. The summed E-state index contributed by atoms with van der Waals surface area (Å²) < 4.78 is 16.2. The van der Waals surface area contributed by atoms with Gasteiger partial charge in [0, 0.05) is 13.1 Å². The summed E-state index contributed by atoms with van der Waals surface area (Å²) in [7, 11) is 1.28. The lowest BCUT2D eigenvalue weighted by Gasteiger charge is -2.40. The molecule has 24 heavy (non-hydrogen) atoms. The Balaban J connectivity index is 2.11. The first kappa shape index (κ1) is 18.7. The molecule has 0 radical (unpaired) electrons. The van der Waals surface area contributed by atoms with Crippen LogP contribution >= 0.6 is 0 Å². The van der Waals surface area contributed by atoms with Crippen molar-refractivity contribution in [3.8, 4) is 0 Å². The third-order valence-corrected chi connectivity index (χ3v) is 4.57. The number of piperidine rings is 1. The van der Waals surface area contributed by atoms with Crippen LogP contribution in [0, 0.1) is 5.92 Å². The molecular formula is C17H27NO6. The van der Waals surface area contributed by atoms with Crippen LogP contribution in [0.2, 0.25) is 0 Å². The number of ether oxygens (including phenoxy) is 3. The summed E-state index contributed by atoms with van der Waals surface area (Å²) >= 11 is 0. The zero-order valence-corrected chi connectivity index (χ0v) is 15.1. The molecule has 0 N–H and O–H groups in total. The van der Waals surface area contributed by atoms with Gasteiger partial charge in [-0.2, -0.15) is 0 Å². The third-order valence-electron chi connectivity index (χ3n) is 4.57. The Bertz CT molecular complexity index is 516. The summed E-state index contributed by atoms with van der Waals surface area (Å²) in [5, 5.41) is 0. The first-order chi connectivity index (χ1) is 11.1. The van der Waals surface area contributed by atoms with Gasteiger partial charge in [0.2, 0.25) is 0 Å². The number of hydrogen-bond acceptors (Lipinski definition) is 6. The molecule has 2 unspecified atom stereocenters. The standard InChI is InChI=1S/C17H27NO6/c1-6-11-13(19)12(14(20)22-5)17(23-11)7-9-18(10-8-17)15(21)24-16(2,3)4/h11-12H,6-10H2,1-5H3. The van der Waals surface area contributed by atoms with Gasteiger partial charge < -0.3 is 19.1 Å². The number of methoxy groups -OCH3 is 1. The molecule has 136 valence electrons. The van der Waals surface area contributed by atoms with Crippen molar-refractivity contribution in [2.75, 3.05) is 20.2 Å². The Hall–Kier alpha value is -1.63. The van der Waals surface area contributed by atoms with E-state index in [9.17, 15) is 14.4 Å². The van der Waals surface area contributed by atoms with Gasteiger partial charge in [-0.25, -0.2) is 4.79 Å². The second-order valence-electron chi connectivity index (χ2n) is 7.41. The molecule has 0 aliphatic carbocycles. The maximum Gasteiger partial charge on any atom is 0.410 e. The molecule has 2 atom stereocenters. The molecule has 1 amide bonds. The summed E-state index contributed by atoms with van der Waals surface area (Å²) in [6, 6.07) is 0. The minimum Gasteiger partial charge on any atom is -0.468 e. The normalized spacial score (nSPS) is 26.5. The van der Waals surface area contributed by atoms with Crippen LogP contribution in [0.3, 0.4) is 0 Å². The SMILES string of the molecule is CCC1OC2(CCN(C(=O)OC(C)(C)C)CC2)C(C(=O)OC)C1=O. The van der Waals surface area contributed by atoms with Gasteiger partial charge in [-0.05, 0) is 40.0 Å². The quantitative estimate of drug-likeness (QED) is 0.564. The van der Waals surface area contributed by atoms with Crippen molar-refractivity contribution in [1.82, 2.24) is 4.90 Å². The topological polar surface area (TPSA) is 82.1 Å². The van der Waals surface area contributed by atoms with Crippen molar-refractivity contribution in [1.29, 1.82) is 0 Å². The second kappa shape index (κ2) is 6.70. The van der Waals surface area contributed by atoms with E-state index in [0.717, 1.165) is 0 Å². The van der Waals surface area contributed by atoms with Crippen molar-refractivity contribution in [3.05, 3.63) is 0 Å². The van der Waals surface area contributed by atoms with Gasteiger partial charge in [-0.3, -0.25) is 9.59 Å². The minimum absolute atomic E-state index is 0.213. The molecule has 2 saturated heterocycles. The highest BCUT2D eigenvalue weighted by Gasteiger charge is 2.59. The zero-order chi connectivity index (χ0) is 18.1. The van der Waals surface area contributed by atoms with E-state index in [1.807, 2.05) is 27.7 Å². The number of carbonyl (C=O) groups is 3. The van der Waals surface area contributed by atoms with E-state index >= 15 is 0 Å². The van der Waals surface area contributed by atoms with Crippen molar-refractivity contribution >= 4 is 17.8 Å². The van der Waals surface area contributed by atoms with Crippen molar-refractivity contribution in [2.45, 2.75) is 64.3 Å². The van der Waals surface area contributed by atoms with E-state index in [-0.39, 0.29) is 11.9 Å². The third kappa shape index (κ3) is 3.55. The number of ketones is 1. The monoisotopic (exact) mass is 341 g/mol. The van der Waals surface area contributed by atoms with E-state index in [1.165, 1.54) is 7.11 Å². The Morgan fingerprint density at radius 2 is 1.88 bits per heavy atom. The molecule has 2 fully saturated rings. The number of amides is 1. The van der Waals surface area contributed by atoms with Gasteiger partial charge in [-0.15, -0.1) is 0 Å². The summed E-state index contributed by atoms with van der Waals surface area (Å²) in [6.07, 6.45) is 0.373. The Labute approximate surface area is 142 Å². The Morgan fingerprint density at radius 3 is 2.33 bits per heavy atom. The van der Waals surface area contributed by atoms with Crippen molar-refractivity contribution in [3.63, 3.8) is 0 Å². The molecule has 2 rings (SSSR count). The molecule has 2 aliphatic heterocycles. The van der Waals surface area contributed by atoms with Gasteiger partial charge in [-0.1, -0.05) is 6.92 Å². The smallest absolute Gasteiger partial charge is 0.410 e. The predicted molar refractivity (Wildman–Crippen MR) is 85.4 cm³/mol. The average molecular weight is 341 g/mol.